The number of amides is 1. The molecular weight excluding hydrogens is 394 g/mol. The van der Waals surface area contributed by atoms with Crippen LogP contribution in [0.15, 0.2) is 59.5 Å². The van der Waals surface area contributed by atoms with Crippen LogP contribution in [0.25, 0.3) is 6.08 Å². The number of carboxylic acid groups (broad SMARTS) is 1. The summed E-state index contributed by atoms with van der Waals surface area (Å²) in [6.07, 6.45) is 2.46. The minimum absolute atomic E-state index is 0.0888. The Kier molecular flexibility index (Phi) is 6.84. The third kappa shape index (κ3) is 5.43. The molecule has 7 heteroatoms. The molecule has 2 aromatic carbocycles. The molecule has 0 bridgehead atoms. The summed E-state index contributed by atoms with van der Waals surface area (Å²) in [5.41, 5.74) is 2.08. The highest BCUT2D eigenvalue weighted by Gasteiger charge is 2.31. The molecule has 0 atom stereocenters. The molecule has 144 valence electrons. The Labute approximate surface area is 173 Å². The van der Waals surface area contributed by atoms with E-state index < -0.39 is 5.97 Å². The van der Waals surface area contributed by atoms with Crippen molar-refractivity contribution in [3.63, 3.8) is 0 Å². The van der Waals surface area contributed by atoms with E-state index in [-0.39, 0.29) is 18.9 Å². The van der Waals surface area contributed by atoms with E-state index in [1.54, 1.807) is 6.08 Å². The first-order chi connectivity index (χ1) is 13.5. The molecule has 1 aliphatic heterocycles. The number of carbonyl (C=O) groups is 2. The van der Waals surface area contributed by atoms with Gasteiger partial charge in [0.1, 0.15) is 10.1 Å². The summed E-state index contributed by atoms with van der Waals surface area (Å²) in [4.78, 5) is 25.0. The van der Waals surface area contributed by atoms with Crippen LogP contribution in [0.1, 0.15) is 17.5 Å². The fourth-order valence-corrected chi connectivity index (χ4v) is 3.95. The highest BCUT2D eigenvalue weighted by atomic mass is 32.2. The van der Waals surface area contributed by atoms with Crippen molar-refractivity contribution in [2.75, 3.05) is 13.2 Å². The molecule has 1 saturated heterocycles. The molecule has 1 N–H and O–H groups in total. The molecule has 5 nitrogen and oxygen atoms in total. The highest BCUT2D eigenvalue weighted by molar-refractivity contribution is 8.26. The summed E-state index contributed by atoms with van der Waals surface area (Å²) in [6, 6.07) is 17.6. The van der Waals surface area contributed by atoms with Gasteiger partial charge < -0.3 is 9.84 Å². The first-order valence-corrected chi connectivity index (χ1v) is 9.99. The first kappa shape index (κ1) is 20.1. The number of carbonyl (C=O) groups excluding carboxylic acids is 1. The summed E-state index contributed by atoms with van der Waals surface area (Å²) in [7, 11) is 0. The number of nitrogens with zero attached hydrogens (tertiary/aromatic N) is 1. The number of hydrogen-bond acceptors (Lipinski definition) is 5. The van der Waals surface area contributed by atoms with E-state index in [0.717, 1.165) is 17.7 Å². The zero-order chi connectivity index (χ0) is 19.9. The van der Waals surface area contributed by atoms with Crippen LogP contribution in [0.5, 0.6) is 5.75 Å². The van der Waals surface area contributed by atoms with Gasteiger partial charge in [0.2, 0.25) is 0 Å². The van der Waals surface area contributed by atoms with Crippen molar-refractivity contribution in [3.8, 4) is 5.75 Å². The van der Waals surface area contributed by atoms with Crippen molar-refractivity contribution in [1.82, 2.24) is 4.90 Å². The van der Waals surface area contributed by atoms with E-state index >= 15 is 0 Å². The monoisotopic (exact) mass is 413 g/mol. The van der Waals surface area contributed by atoms with E-state index in [1.165, 1.54) is 22.2 Å². The van der Waals surface area contributed by atoms with E-state index in [0.29, 0.717) is 15.8 Å². The predicted octanol–water partition coefficient (Wildman–Crippen LogP) is 3.98. The van der Waals surface area contributed by atoms with Crippen molar-refractivity contribution in [1.29, 1.82) is 0 Å². The van der Waals surface area contributed by atoms with Crippen LogP contribution in [0.4, 0.5) is 0 Å². The van der Waals surface area contributed by atoms with Gasteiger partial charge in [-0.25, -0.2) is 0 Å². The Morgan fingerprint density at radius 2 is 1.86 bits per heavy atom. The fraction of sp³-hybridized carbons (Fsp3) is 0.190. The third-order valence-corrected chi connectivity index (χ3v) is 5.48. The minimum atomic E-state index is -0.958. The minimum Gasteiger partial charge on any atom is -0.493 e. The maximum atomic E-state index is 12.4. The molecule has 1 fully saturated rings. The van der Waals surface area contributed by atoms with Gasteiger partial charge in [0.15, 0.2) is 0 Å². The Morgan fingerprint density at radius 3 is 2.54 bits per heavy atom. The summed E-state index contributed by atoms with van der Waals surface area (Å²) in [5.74, 6) is -0.442. The van der Waals surface area contributed by atoms with Gasteiger partial charge in [-0.1, -0.05) is 66.4 Å². The molecular formula is C21H19NO4S2. The zero-order valence-electron chi connectivity index (χ0n) is 15.0. The normalized spacial score (nSPS) is 15.3. The molecule has 28 heavy (non-hydrogen) atoms. The molecule has 0 aliphatic carbocycles. The summed E-state index contributed by atoms with van der Waals surface area (Å²) in [6.45, 7) is 0.678. The van der Waals surface area contributed by atoms with Crippen LogP contribution in [0.2, 0.25) is 0 Å². The summed E-state index contributed by atoms with van der Waals surface area (Å²) < 4.78 is 6.15. The van der Waals surface area contributed by atoms with Crippen molar-refractivity contribution in [2.24, 2.45) is 0 Å². The third-order valence-electron chi connectivity index (χ3n) is 4.10. The molecule has 2 aromatic rings. The lowest BCUT2D eigenvalue weighted by molar-refractivity contribution is -0.137. The van der Waals surface area contributed by atoms with Crippen LogP contribution >= 0.6 is 24.0 Å². The standard InChI is InChI=1S/C21H19NO4S2/c23-19(24)10-12-22-20(25)18(28-21(22)27)14-16-6-8-17(9-7-16)26-13-11-15-4-2-1-3-5-15/h1-9,14H,10-13H2,(H,23,24)/b18-14-. The average molecular weight is 414 g/mol. The van der Waals surface area contributed by atoms with Gasteiger partial charge in [-0.3, -0.25) is 14.5 Å². The maximum Gasteiger partial charge on any atom is 0.305 e. The number of aliphatic carboxylic acids is 1. The van der Waals surface area contributed by atoms with Crippen LogP contribution in [0, 0.1) is 0 Å². The topological polar surface area (TPSA) is 66.8 Å². The van der Waals surface area contributed by atoms with Crippen LogP contribution in [0.3, 0.4) is 0 Å². The number of thioether (sulfide) groups is 1. The smallest absolute Gasteiger partial charge is 0.305 e. The fourth-order valence-electron chi connectivity index (χ4n) is 2.64. The molecule has 1 amide bonds. The molecule has 0 saturated carbocycles. The van der Waals surface area contributed by atoms with Crippen LogP contribution in [-0.2, 0) is 16.0 Å². The number of benzene rings is 2. The Bertz CT molecular complexity index is 894. The quantitative estimate of drug-likeness (QED) is 0.522. The lowest BCUT2D eigenvalue weighted by atomic mass is 10.2. The van der Waals surface area contributed by atoms with Crippen LogP contribution < -0.4 is 4.74 Å². The number of thiocarbonyl (C=S) groups is 1. The number of ether oxygens (including phenoxy) is 1. The van der Waals surface area contributed by atoms with Crippen molar-refractivity contribution < 1.29 is 19.4 Å². The van der Waals surface area contributed by atoms with E-state index in [9.17, 15) is 9.59 Å². The molecule has 1 aliphatic rings. The largest absolute Gasteiger partial charge is 0.493 e. The van der Waals surface area contributed by atoms with E-state index in [1.807, 2.05) is 42.5 Å². The van der Waals surface area contributed by atoms with E-state index in [2.05, 4.69) is 12.1 Å². The Hall–Kier alpha value is -2.64. The van der Waals surface area contributed by atoms with Gasteiger partial charge in [-0.05, 0) is 29.3 Å². The van der Waals surface area contributed by atoms with Gasteiger partial charge in [-0.15, -0.1) is 0 Å². The van der Waals surface area contributed by atoms with Crippen molar-refractivity contribution in [2.45, 2.75) is 12.8 Å². The SMILES string of the molecule is O=C(O)CCN1C(=O)/C(=C/c2ccc(OCCc3ccccc3)cc2)SC1=S. The van der Waals surface area contributed by atoms with Gasteiger partial charge in [0, 0.05) is 13.0 Å². The van der Waals surface area contributed by atoms with Gasteiger partial charge in [0.25, 0.3) is 5.91 Å². The molecule has 0 radical (unpaired) electrons. The number of hydrogen-bond donors (Lipinski definition) is 1. The van der Waals surface area contributed by atoms with Crippen molar-refractivity contribution >= 4 is 46.3 Å². The van der Waals surface area contributed by atoms with Gasteiger partial charge in [0.05, 0.1) is 17.9 Å². The lowest BCUT2D eigenvalue weighted by Gasteiger charge is -2.12. The first-order valence-electron chi connectivity index (χ1n) is 8.77. The number of carboxylic acids is 1. The van der Waals surface area contributed by atoms with Gasteiger partial charge in [-0.2, -0.15) is 0 Å². The van der Waals surface area contributed by atoms with E-state index in [4.69, 9.17) is 22.1 Å². The molecule has 0 aromatic heterocycles. The Morgan fingerprint density at radius 1 is 1.14 bits per heavy atom. The molecule has 1 heterocycles. The highest BCUT2D eigenvalue weighted by Crippen LogP contribution is 2.32. The summed E-state index contributed by atoms with van der Waals surface area (Å²) in [5, 5.41) is 8.79. The second-order valence-corrected chi connectivity index (χ2v) is 7.81. The Balaban J connectivity index is 1.56. The molecule has 0 unspecified atom stereocenters. The number of rotatable bonds is 8. The second kappa shape index (κ2) is 9.52. The lowest BCUT2D eigenvalue weighted by Crippen LogP contribution is -2.30. The second-order valence-electron chi connectivity index (χ2n) is 6.13. The maximum absolute atomic E-state index is 12.4. The summed E-state index contributed by atoms with van der Waals surface area (Å²) >= 11 is 6.37. The zero-order valence-corrected chi connectivity index (χ0v) is 16.7. The molecule has 3 rings (SSSR count). The van der Waals surface area contributed by atoms with Gasteiger partial charge >= 0.3 is 5.97 Å². The van der Waals surface area contributed by atoms with Crippen molar-refractivity contribution in [3.05, 3.63) is 70.6 Å². The van der Waals surface area contributed by atoms with Crippen LogP contribution in [-0.4, -0.2) is 39.4 Å². The average Bonchev–Trinajstić information content (AvgIpc) is 2.95. The predicted molar refractivity (Wildman–Crippen MR) is 114 cm³/mol. The molecule has 0 spiro atoms.